The van der Waals surface area contributed by atoms with Crippen molar-refractivity contribution in [1.82, 2.24) is 0 Å². The van der Waals surface area contributed by atoms with Gasteiger partial charge in [-0.05, 0) is 0 Å². The molecule has 0 amide bonds. The molecule has 0 aliphatic carbocycles. The Balaban J connectivity index is -0.00000000500. The van der Waals surface area contributed by atoms with Crippen LogP contribution in [0.3, 0.4) is 0 Å². The van der Waals surface area contributed by atoms with Crippen molar-refractivity contribution < 1.29 is 63.6 Å². The summed E-state index contributed by atoms with van der Waals surface area (Å²) in [6.45, 7) is 0. The molecule has 0 aromatic heterocycles. The monoisotopic (exact) mass is 250 g/mol. The first-order chi connectivity index (χ1) is 1.00. The van der Waals surface area contributed by atoms with Gasteiger partial charge in [-0.25, -0.2) is 0 Å². The molecule has 4 heteroatoms. The first-order valence-corrected chi connectivity index (χ1v) is 1.50. The summed E-state index contributed by atoms with van der Waals surface area (Å²) in [6, 6.07) is 0. The molecule has 0 aliphatic heterocycles. The Kier molecular flexibility index (Phi) is 74.6. The van der Waals surface area contributed by atoms with E-state index in [0.717, 1.165) is 0 Å². The van der Waals surface area contributed by atoms with Gasteiger partial charge in [0.25, 0.3) is 0 Å². The van der Waals surface area contributed by atoms with E-state index in [1.165, 1.54) is 0 Å². The van der Waals surface area contributed by atoms with Crippen molar-refractivity contribution in [1.29, 1.82) is 0 Å². The molecule has 0 aromatic carbocycles. The van der Waals surface area contributed by atoms with E-state index in [1.54, 1.807) is 0 Å². The Labute approximate surface area is 79.4 Å². The van der Waals surface area contributed by atoms with Gasteiger partial charge in [-0.3, -0.25) is 0 Å². The van der Waals surface area contributed by atoms with Gasteiger partial charge in [-0.1, -0.05) is 0 Å². The molecule has 0 aliphatic rings. The first kappa shape index (κ1) is 16.2. The van der Waals surface area contributed by atoms with Gasteiger partial charge in [-0.2, -0.15) is 0 Å². The average Bonchev–Trinajstić information content (AvgIpc) is 1.00. The molecule has 1 nitrogen and oxygen atoms in total. The van der Waals surface area contributed by atoms with Crippen LogP contribution in [0.5, 0.6) is 0 Å². The maximum absolute atomic E-state index is 8.38. The van der Waals surface area contributed by atoms with Crippen LogP contribution in [0, 0.1) is 41.7 Å². The Morgan fingerprint density at radius 3 is 1.25 bits per heavy atom. The van der Waals surface area contributed by atoms with Gasteiger partial charge in [0.05, 0.1) is 0 Å². The van der Waals surface area contributed by atoms with Crippen LogP contribution in [-0.2, 0) is 21.8 Å². The summed E-state index contributed by atoms with van der Waals surface area (Å²) >= 11 is 0.125. The van der Waals surface area contributed by atoms with E-state index in [1.807, 2.05) is 0 Å². The molecule has 18 valence electrons. The van der Waals surface area contributed by atoms with Crippen molar-refractivity contribution >= 4 is 17.4 Å². The van der Waals surface area contributed by atoms with E-state index >= 15 is 0 Å². The van der Waals surface area contributed by atoms with Crippen LogP contribution >= 0.6 is 0 Å². The van der Waals surface area contributed by atoms with Crippen LogP contribution in [0.15, 0.2) is 0 Å². The van der Waals surface area contributed by atoms with Crippen molar-refractivity contribution in [2.75, 3.05) is 0 Å². The van der Waals surface area contributed by atoms with E-state index in [9.17, 15) is 0 Å². The fourth-order valence-electron chi connectivity index (χ4n) is 0. The van der Waals surface area contributed by atoms with E-state index in [0.29, 0.717) is 0 Å². The van der Waals surface area contributed by atoms with Crippen molar-refractivity contribution in [3.8, 4) is 0 Å². The fourth-order valence-corrected chi connectivity index (χ4v) is 0. The molecule has 0 heterocycles. The van der Waals surface area contributed by atoms with E-state index in [-0.39, 0.29) is 77.4 Å². The van der Waals surface area contributed by atoms with Crippen LogP contribution in [0.4, 0.5) is 0 Å². The van der Waals surface area contributed by atoms with E-state index in [2.05, 4.69) is 0 Å². The molecular weight excluding hydrogens is 248 g/mol. The number of rotatable bonds is 0. The minimum atomic E-state index is 0. The van der Waals surface area contributed by atoms with Gasteiger partial charge < -0.3 is 0 Å². The van der Waals surface area contributed by atoms with E-state index < -0.39 is 0 Å². The SMILES string of the molecule is [AlH3].[Ce].[O]=[Zn]. The second-order valence-corrected chi connectivity index (χ2v) is 0. The number of hydrogen-bond donors (Lipinski definition) is 0. The molecular formula is H3AlCeOZn. The zero-order chi connectivity index (χ0) is 2.00. The summed E-state index contributed by atoms with van der Waals surface area (Å²) in [6.07, 6.45) is 0. The Morgan fingerprint density at radius 1 is 1.25 bits per heavy atom. The van der Waals surface area contributed by atoms with Crippen molar-refractivity contribution in [2.45, 2.75) is 0 Å². The van der Waals surface area contributed by atoms with Gasteiger partial charge in [0.2, 0.25) is 0 Å². The third kappa shape index (κ3) is 8.84. The topological polar surface area (TPSA) is 17.1 Å². The number of hydrogen-bond acceptors (Lipinski definition) is 1. The van der Waals surface area contributed by atoms with Crippen LogP contribution in [0.1, 0.15) is 0 Å². The molecule has 0 fully saturated rings. The summed E-state index contributed by atoms with van der Waals surface area (Å²) < 4.78 is 8.38. The second kappa shape index (κ2) is 18.4. The van der Waals surface area contributed by atoms with Gasteiger partial charge in [0, 0.05) is 41.7 Å². The standard InChI is InChI=1S/Al.Ce.O.Zn.3H. The zero-order valence-corrected chi connectivity index (χ0v) is 7.72. The predicted octanol–water partition coefficient (Wildman–Crippen LogP) is -1.31. The van der Waals surface area contributed by atoms with Crippen LogP contribution in [0.2, 0.25) is 0 Å². The molecule has 0 N–H and O–H groups in total. The summed E-state index contributed by atoms with van der Waals surface area (Å²) in [5.41, 5.74) is 0. The third-order valence-electron chi connectivity index (χ3n) is 0. The minimum absolute atomic E-state index is 0. The van der Waals surface area contributed by atoms with Gasteiger partial charge in [0.15, 0.2) is 17.4 Å². The van der Waals surface area contributed by atoms with Crippen molar-refractivity contribution in [2.24, 2.45) is 0 Å². The summed E-state index contributed by atoms with van der Waals surface area (Å²) in [5, 5.41) is 0. The third-order valence-corrected chi connectivity index (χ3v) is 0. The Bertz CT molecular complexity index is 8.00. The summed E-state index contributed by atoms with van der Waals surface area (Å²) in [5.74, 6) is 0. The average molecular weight is 252 g/mol. The molecule has 0 radical (unpaired) electrons. The predicted molar refractivity (Wildman–Crippen MR) is 10.6 cm³/mol. The quantitative estimate of drug-likeness (QED) is 0.489. The Morgan fingerprint density at radius 2 is 1.25 bits per heavy atom. The fraction of sp³-hybridized carbons (Fsp3) is 0. The molecule has 0 saturated carbocycles. The molecule has 4 heavy (non-hydrogen) atoms. The molecule has 0 spiro atoms. The zero-order valence-electron chi connectivity index (χ0n) is 1.62. The molecule has 0 atom stereocenters. The molecule has 0 saturated heterocycles. The van der Waals surface area contributed by atoms with Gasteiger partial charge >= 0.3 is 21.8 Å². The second-order valence-electron chi connectivity index (χ2n) is 0. The molecule has 0 unspecified atom stereocenters. The Hall–Kier alpha value is 2.33. The van der Waals surface area contributed by atoms with Crippen LogP contribution in [0.25, 0.3) is 0 Å². The van der Waals surface area contributed by atoms with E-state index in [4.69, 9.17) is 3.57 Å². The van der Waals surface area contributed by atoms with Crippen LogP contribution in [-0.4, -0.2) is 17.4 Å². The molecule has 0 aromatic rings. The summed E-state index contributed by atoms with van der Waals surface area (Å²) in [4.78, 5) is 0. The maximum atomic E-state index is 8.38. The molecule has 0 bridgehead atoms. The summed E-state index contributed by atoms with van der Waals surface area (Å²) in [7, 11) is 0. The molecule has 0 rings (SSSR count). The van der Waals surface area contributed by atoms with Crippen molar-refractivity contribution in [3.05, 3.63) is 0 Å². The van der Waals surface area contributed by atoms with Gasteiger partial charge in [-0.15, -0.1) is 0 Å². The van der Waals surface area contributed by atoms with Crippen LogP contribution < -0.4 is 0 Å². The van der Waals surface area contributed by atoms with Gasteiger partial charge in [0.1, 0.15) is 0 Å². The normalized spacial score (nSPS) is 1.50. The van der Waals surface area contributed by atoms with Crippen molar-refractivity contribution in [3.63, 3.8) is 0 Å². The first-order valence-electron chi connectivity index (χ1n) is 0.289.